The summed E-state index contributed by atoms with van der Waals surface area (Å²) in [5.41, 5.74) is 2.66. The fraction of sp³-hybridized carbons (Fsp3) is 0.609. The predicted octanol–water partition coefficient (Wildman–Crippen LogP) is 6.24. The minimum absolute atomic E-state index is 0.355. The minimum atomic E-state index is 0.355. The van der Waals surface area contributed by atoms with Gasteiger partial charge >= 0.3 is 0 Å². The van der Waals surface area contributed by atoms with Crippen molar-refractivity contribution in [3.63, 3.8) is 0 Å². The molecule has 132 valence electrons. The van der Waals surface area contributed by atoms with E-state index in [1.54, 1.807) is 0 Å². The number of hydrogen-bond donors (Lipinski definition) is 0. The van der Waals surface area contributed by atoms with Crippen molar-refractivity contribution in [3.8, 4) is 11.8 Å². The maximum absolute atomic E-state index is 4.75. The van der Waals surface area contributed by atoms with Gasteiger partial charge in [0.25, 0.3) is 0 Å². The van der Waals surface area contributed by atoms with E-state index in [1.165, 1.54) is 31.2 Å². The highest BCUT2D eigenvalue weighted by Gasteiger charge is 2.26. The van der Waals surface area contributed by atoms with Crippen LogP contribution >= 0.6 is 12.2 Å². The first-order chi connectivity index (χ1) is 12.2. The Morgan fingerprint density at radius 2 is 1.68 bits per heavy atom. The number of benzene rings is 1. The molecule has 0 aromatic heterocycles. The molecule has 3 rings (SSSR count). The zero-order valence-corrected chi connectivity index (χ0v) is 16.3. The standard InChI is InChI=1S/C23H29NS/c1-17-3-10-21(11-4-17)22-12-7-19(8-13-22)5-6-20-9-14-23(24-16-25)18(2)15-20/h7-8,12-13,17-18,20-21,23H,3-4,9-11,14-15H2,1-2H3. The molecule has 0 radical (unpaired) electrons. The summed E-state index contributed by atoms with van der Waals surface area (Å²) >= 11 is 4.75. The summed E-state index contributed by atoms with van der Waals surface area (Å²) in [6.07, 6.45) is 8.77. The van der Waals surface area contributed by atoms with E-state index in [-0.39, 0.29) is 0 Å². The monoisotopic (exact) mass is 351 g/mol. The van der Waals surface area contributed by atoms with Crippen LogP contribution in [0.15, 0.2) is 29.3 Å². The van der Waals surface area contributed by atoms with Crippen LogP contribution in [0.3, 0.4) is 0 Å². The summed E-state index contributed by atoms with van der Waals surface area (Å²) in [6.45, 7) is 4.64. The van der Waals surface area contributed by atoms with Crippen molar-refractivity contribution in [2.45, 2.75) is 70.8 Å². The van der Waals surface area contributed by atoms with Gasteiger partial charge in [-0.15, -0.1) is 0 Å². The van der Waals surface area contributed by atoms with Crippen molar-refractivity contribution in [1.82, 2.24) is 0 Å². The molecule has 0 bridgehead atoms. The fourth-order valence-electron chi connectivity index (χ4n) is 4.39. The molecule has 25 heavy (non-hydrogen) atoms. The molecule has 0 saturated heterocycles. The van der Waals surface area contributed by atoms with Crippen molar-refractivity contribution in [1.29, 1.82) is 0 Å². The highest BCUT2D eigenvalue weighted by atomic mass is 32.1. The van der Waals surface area contributed by atoms with E-state index in [1.807, 2.05) is 0 Å². The first-order valence-electron chi connectivity index (χ1n) is 9.84. The molecule has 0 spiro atoms. The number of rotatable bonds is 2. The van der Waals surface area contributed by atoms with Crippen LogP contribution in [0.5, 0.6) is 0 Å². The summed E-state index contributed by atoms with van der Waals surface area (Å²) in [5.74, 6) is 9.62. The van der Waals surface area contributed by atoms with Crippen LogP contribution in [0, 0.1) is 29.6 Å². The summed E-state index contributed by atoms with van der Waals surface area (Å²) in [5, 5.41) is 2.55. The topological polar surface area (TPSA) is 12.4 Å². The van der Waals surface area contributed by atoms with Crippen LogP contribution in [0.4, 0.5) is 0 Å². The molecular weight excluding hydrogens is 322 g/mol. The van der Waals surface area contributed by atoms with Gasteiger partial charge in [-0.25, -0.2) is 4.99 Å². The zero-order valence-electron chi connectivity index (χ0n) is 15.5. The molecule has 1 aromatic carbocycles. The second-order valence-corrected chi connectivity index (χ2v) is 8.31. The van der Waals surface area contributed by atoms with Gasteiger partial charge < -0.3 is 0 Å². The van der Waals surface area contributed by atoms with Gasteiger partial charge in [0.15, 0.2) is 0 Å². The van der Waals surface area contributed by atoms with Crippen molar-refractivity contribution in [2.75, 3.05) is 0 Å². The van der Waals surface area contributed by atoms with Gasteiger partial charge in [-0.3, -0.25) is 0 Å². The lowest BCUT2D eigenvalue weighted by Crippen LogP contribution is -2.25. The normalized spacial score (nSPS) is 32.2. The average molecular weight is 352 g/mol. The van der Waals surface area contributed by atoms with Gasteiger partial charge in [-0.2, -0.15) is 0 Å². The first-order valence-corrected chi connectivity index (χ1v) is 10.2. The molecule has 3 atom stereocenters. The third-order valence-corrected chi connectivity index (χ3v) is 6.27. The highest BCUT2D eigenvalue weighted by Crippen LogP contribution is 2.35. The minimum Gasteiger partial charge on any atom is -0.229 e. The molecule has 2 saturated carbocycles. The Bertz CT molecular complexity index is 666. The molecule has 2 fully saturated rings. The Hall–Kier alpha value is -1.42. The average Bonchev–Trinajstić information content (AvgIpc) is 2.63. The SMILES string of the molecule is CC1CCC(c2ccc(C#CC3CCC(N=C=S)C(C)C3)cc2)CC1. The van der Waals surface area contributed by atoms with E-state index in [9.17, 15) is 0 Å². The molecule has 0 amide bonds. The third-order valence-electron chi connectivity index (χ3n) is 6.16. The van der Waals surface area contributed by atoms with Gasteiger partial charge in [0.05, 0.1) is 11.2 Å². The van der Waals surface area contributed by atoms with E-state index in [0.29, 0.717) is 17.9 Å². The Morgan fingerprint density at radius 3 is 2.32 bits per heavy atom. The molecule has 1 aromatic rings. The maximum Gasteiger partial charge on any atom is 0.0629 e. The van der Waals surface area contributed by atoms with E-state index in [2.05, 4.69) is 60.1 Å². The van der Waals surface area contributed by atoms with Crippen molar-refractivity contribution in [2.24, 2.45) is 22.7 Å². The fourth-order valence-corrected chi connectivity index (χ4v) is 4.52. The summed E-state index contributed by atoms with van der Waals surface area (Å²) in [4.78, 5) is 4.29. The Labute approximate surface area is 158 Å². The first kappa shape index (κ1) is 18.4. The number of nitrogens with zero attached hydrogens (tertiary/aromatic N) is 1. The molecule has 2 heteroatoms. The molecule has 2 aliphatic carbocycles. The van der Waals surface area contributed by atoms with Gasteiger partial charge in [0.1, 0.15) is 0 Å². The van der Waals surface area contributed by atoms with Crippen LogP contribution in [-0.2, 0) is 0 Å². The molecule has 1 nitrogen and oxygen atoms in total. The van der Waals surface area contributed by atoms with E-state index < -0.39 is 0 Å². The molecule has 2 aliphatic rings. The smallest absolute Gasteiger partial charge is 0.0629 e. The van der Waals surface area contributed by atoms with Crippen LogP contribution in [0.2, 0.25) is 0 Å². The molecule has 0 heterocycles. The van der Waals surface area contributed by atoms with Crippen LogP contribution in [0.25, 0.3) is 0 Å². The Morgan fingerprint density at radius 1 is 0.960 bits per heavy atom. The Balaban J connectivity index is 1.57. The maximum atomic E-state index is 4.75. The van der Waals surface area contributed by atoms with Crippen molar-refractivity contribution in [3.05, 3.63) is 35.4 Å². The molecule has 3 unspecified atom stereocenters. The largest absolute Gasteiger partial charge is 0.229 e. The lowest BCUT2D eigenvalue weighted by atomic mass is 9.79. The van der Waals surface area contributed by atoms with Crippen molar-refractivity contribution >= 4 is 17.4 Å². The van der Waals surface area contributed by atoms with E-state index in [0.717, 1.165) is 36.7 Å². The molecule has 0 N–H and O–H groups in total. The lowest BCUT2D eigenvalue weighted by Gasteiger charge is -2.28. The zero-order chi connectivity index (χ0) is 17.6. The van der Waals surface area contributed by atoms with Crippen LogP contribution < -0.4 is 0 Å². The number of hydrogen-bond acceptors (Lipinski definition) is 2. The molecule has 0 aliphatic heterocycles. The van der Waals surface area contributed by atoms with E-state index >= 15 is 0 Å². The summed E-state index contributed by atoms with van der Waals surface area (Å²) < 4.78 is 0. The quantitative estimate of drug-likeness (QED) is 0.349. The van der Waals surface area contributed by atoms with E-state index in [4.69, 9.17) is 12.2 Å². The number of thiocarbonyl (C=S) groups is 1. The van der Waals surface area contributed by atoms with Crippen molar-refractivity contribution < 1.29 is 0 Å². The number of isothiocyanates is 1. The second kappa shape index (κ2) is 8.79. The van der Waals surface area contributed by atoms with Gasteiger partial charge in [-0.05, 0) is 79.8 Å². The van der Waals surface area contributed by atoms with Crippen LogP contribution in [0.1, 0.15) is 75.8 Å². The number of aliphatic imine (C=N–C) groups is 1. The summed E-state index contributed by atoms with van der Waals surface area (Å²) in [7, 11) is 0. The highest BCUT2D eigenvalue weighted by molar-refractivity contribution is 7.78. The van der Waals surface area contributed by atoms with Crippen LogP contribution in [-0.4, -0.2) is 11.2 Å². The second-order valence-electron chi connectivity index (χ2n) is 8.12. The predicted molar refractivity (Wildman–Crippen MR) is 109 cm³/mol. The van der Waals surface area contributed by atoms with Gasteiger partial charge in [-0.1, -0.05) is 50.7 Å². The summed E-state index contributed by atoms with van der Waals surface area (Å²) in [6, 6.07) is 9.39. The third kappa shape index (κ3) is 5.04. The molecular formula is C23H29NS. The van der Waals surface area contributed by atoms with Gasteiger partial charge in [0.2, 0.25) is 0 Å². The lowest BCUT2D eigenvalue weighted by molar-refractivity contribution is 0.291. The Kier molecular flexibility index (Phi) is 6.46. The van der Waals surface area contributed by atoms with Gasteiger partial charge in [0, 0.05) is 11.5 Å².